The van der Waals surface area contributed by atoms with Gasteiger partial charge in [0.1, 0.15) is 0 Å². The van der Waals surface area contributed by atoms with Crippen LogP contribution in [0.25, 0.3) is 0 Å². The van der Waals surface area contributed by atoms with Crippen molar-refractivity contribution in [2.75, 3.05) is 32.8 Å². The summed E-state index contributed by atoms with van der Waals surface area (Å²) in [6.45, 7) is 2.52. The second-order valence-corrected chi connectivity index (χ2v) is 6.14. The molecule has 0 bridgehead atoms. The third kappa shape index (κ3) is 4.06. The van der Waals surface area contributed by atoms with E-state index in [0.29, 0.717) is 44.8 Å². The first-order valence-corrected chi connectivity index (χ1v) is 7.96. The molecule has 24 heavy (non-hydrogen) atoms. The van der Waals surface area contributed by atoms with E-state index < -0.39 is 11.7 Å². The van der Waals surface area contributed by atoms with Gasteiger partial charge in [-0.25, -0.2) is 0 Å². The van der Waals surface area contributed by atoms with E-state index in [9.17, 15) is 18.0 Å². The molecule has 0 aliphatic carbocycles. The van der Waals surface area contributed by atoms with E-state index in [0.717, 1.165) is 12.1 Å². The van der Waals surface area contributed by atoms with Gasteiger partial charge in [-0.1, -0.05) is 18.2 Å². The quantitative estimate of drug-likeness (QED) is 0.866. The van der Waals surface area contributed by atoms with Crippen molar-refractivity contribution in [1.29, 1.82) is 0 Å². The van der Waals surface area contributed by atoms with E-state index in [1.165, 1.54) is 6.07 Å². The number of nitrogens with zero attached hydrogens (tertiary/aromatic N) is 1. The van der Waals surface area contributed by atoms with Gasteiger partial charge >= 0.3 is 6.18 Å². The summed E-state index contributed by atoms with van der Waals surface area (Å²) in [5.74, 6) is -0.0397. The fraction of sp³-hybridized carbons (Fsp3) is 0.562. The first-order chi connectivity index (χ1) is 11.4. The maximum atomic E-state index is 12.8. The van der Waals surface area contributed by atoms with Crippen molar-refractivity contribution in [3.8, 4) is 0 Å². The summed E-state index contributed by atoms with van der Waals surface area (Å²) < 4.78 is 44.0. The van der Waals surface area contributed by atoms with Gasteiger partial charge < -0.3 is 9.64 Å². The van der Waals surface area contributed by atoms with Crippen LogP contribution in [-0.2, 0) is 22.1 Å². The fourth-order valence-corrected chi connectivity index (χ4v) is 3.08. The topological polar surface area (TPSA) is 53.6 Å². The van der Waals surface area contributed by atoms with Crippen LogP contribution in [0, 0.1) is 5.92 Å². The maximum Gasteiger partial charge on any atom is 0.416 e. The minimum absolute atomic E-state index is 0.0600. The van der Waals surface area contributed by atoms with Crippen LogP contribution in [0.1, 0.15) is 11.1 Å². The van der Waals surface area contributed by atoms with E-state index in [4.69, 9.17) is 4.74 Å². The average molecular weight is 343 g/mol. The number of hydrazine groups is 1. The fourth-order valence-electron chi connectivity index (χ4n) is 3.08. The molecule has 2 aliphatic heterocycles. The van der Waals surface area contributed by atoms with Gasteiger partial charge in [0.05, 0.1) is 24.2 Å². The van der Waals surface area contributed by atoms with E-state index in [1.807, 2.05) is 0 Å². The number of benzene rings is 1. The third-order valence-electron chi connectivity index (χ3n) is 4.34. The number of amides is 1. The molecule has 132 valence electrons. The number of hydrogen-bond acceptors (Lipinski definition) is 4. The number of nitrogens with one attached hydrogen (secondary N) is 2. The smallest absolute Gasteiger partial charge is 0.374 e. The van der Waals surface area contributed by atoms with Crippen molar-refractivity contribution in [2.45, 2.75) is 18.7 Å². The molecule has 1 unspecified atom stereocenters. The number of ether oxygens (including phenoxy) is 1. The predicted octanol–water partition coefficient (Wildman–Crippen LogP) is 1.20. The third-order valence-corrected chi connectivity index (χ3v) is 4.34. The number of carbonyl (C=O) groups excluding carboxylic acids is 1. The van der Waals surface area contributed by atoms with Crippen molar-refractivity contribution in [2.24, 2.45) is 5.92 Å². The standard InChI is InChI=1S/C16H20F3N3O2/c17-16(18,19)13-3-1-2-11(6-13)7-14-10-22(4-5-24-14)15(23)12-8-20-21-9-12/h1-3,6,12,14,20-21H,4-5,7-10H2. The Bertz CT molecular complexity index is 588. The van der Waals surface area contributed by atoms with Crippen LogP contribution in [0.2, 0.25) is 0 Å². The van der Waals surface area contributed by atoms with Crippen LogP contribution in [-0.4, -0.2) is 49.7 Å². The molecule has 0 spiro atoms. The second kappa shape index (κ2) is 7.08. The van der Waals surface area contributed by atoms with Crippen molar-refractivity contribution < 1.29 is 22.7 Å². The lowest BCUT2D eigenvalue weighted by Gasteiger charge is -2.34. The molecular formula is C16H20F3N3O2. The zero-order chi connectivity index (χ0) is 17.2. The van der Waals surface area contributed by atoms with Crippen molar-refractivity contribution in [3.05, 3.63) is 35.4 Å². The average Bonchev–Trinajstić information content (AvgIpc) is 3.08. The van der Waals surface area contributed by atoms with Crippen molar-refractivity contribution in [3.63, 3.8) is 0 Å². The van der Waals surface area contributed by atoms with Gasteiger partial charge in [-0.05, 0) is 11.6 Å². The summed E-state index contributed by atoms with van der Waals surface area (Å²) in [4.78, 5) is 14.2. The zero-order valence-corrected chi connectivity index (χ0v) is 13.1. The molecule has 2 N–H and O–H groups in total. The highest BCUT2D eigenvalue weighted by Gasteiger charge is 2.32. The summed E-state index contributed by atoms with van der Waals surface area (Å²) in [6, 6.07) is 5.26. The predicted molar refractivity (Wildman–Crippen MR) is 81.0 cm³/mol. The maximum absolute atomic E-state index is 12.8. The van der Waals surface area contributed by atoms with Gasteiger partial charge in [0, 0.05) is 32.6 Å². The minimum atomic E-state index is -4.35. The first-order valence-electron chi connectivity index (χ1n) is 7.96. The molecule has 0 saturated carbocycles. The van der Waals surface area contributed by atoms with E-state index in [2.05, 4.69) is 10.9 Å². The monoisotopic (exact) mass is 343 g/mol. The van der Waals surface area contributed by atoms with Gasteiger partial charge in [-0.3, -0.25) is 15.6 Å². The number of carbonyl (C=O) groups is 1. The van der Waals surface area contributed by atoms with E-state index in [1.54, 1.807) is 11.0 Å². The number of rotatable bonds is 3. The van der Waals surface area contributed by atoms with Crippen molar-refractivity contribution in [1.82, 2.24) is 15.8 Å². The molecule has 1 amide bonds. The number of halogens is 3. The van der Waals surface area contributed by atoms with Gasteiger partial charge in [0.2, 0.25) is 5.91 Å². The molecule has 2 fully saturated rings. The van der Waals surface area contributed by atoms with Crippen LogP contribution >= 0.6 is 0 Å². The molecule has 8 heteroatoms. The van der Waals surface area contributed by atoms with Gasteiger partial charge in [0.15, 0.2) is 0 Å². The van der Waals surface area contributed by atoms with Crippen LogP contribution in [0.3, 0.4) is 0 Å². The molecule has 2 aliphatic rings. The van der Waals surface area contributed by atoms with Gasteiger partial charge in [-0.15, -0.1) is 0 Å². The SMILES string of the molecule is O=C(C1CNNC1)N1CCOC(Cc2cccc(C(F)(F)F)c2)C1. The number of morpholine rings is 1. The Morgan fingerprint density at radius 1 is 1.29 bits per heavy atom. The van der Waals surface area contributed by atoms with Crippen LogP contribution in [0.4, 0.5) is 13.2 Å². The van der Waals surface area contributed by atoms with Crippen LogP contribution < -0.4 is 10.9 Å². The molecule has 1 atom stereocenters. The molecule has 2 saturated heterocycles. The zero-order valence-electron chi connectivity index (χ0n) is 13.1. The highest BCUT2D eigenvalue weighted by molar-refractivity contribution is 5.79. The number of hydrogen-bond donors (Lipinski definition) is 2. The molecule has 1 aromatic rings. The molecule has 0 aromatic heterocycles. The van der Waals surface area contributed by atoms with E-state index in [-0.39, 0.29) is 17.9 Å². The molecular weight excluding hydrogens is 323 g/mol. The summed E-state index contributed by atoms with van der Waals surface area (Å²) in [6.07, 6.45) is -4.28. The Hall–Kier alpha value is -1.64. The lowest BCUT2D eigenvalue weighted by molar-refractivity contribution is -0.142. The molecule has 5 nitrogen and oxygen atoms in total. The second-order valence-electron chi connectivity index (χ2n) is 6.14. The lowest BCUT2D eigenvalue weighted by atomic mass is 10.0. The minimum Gasteiger partial charge on any atom is -0.374 e. The molecule has 2 heterocycles. The number of alkyl halides is 3. The largest absolute Gasteiger partial charge is 0.416 e. The molecule has 1 aromatic carbocycles. The Morgan fingerprint density at radius 2 is 2.04 bits per heavy atom. The Kier molecular flexibility index (Phi) is 5.07. The lowest BCUT2D eigenvalue weighted by Crippen LogP contribution is -2.49. The van der Waals surface area contributed by atoms with E-state index >= 15 is 0 Å². The highest BCUT2D eigenvalue weighted by Crippen LogP contribution is 2.30. The van der Waals surface area contributed by atoms with Gasteiger partial charge in [-0.2, -0.15) is 13.2 Å². The summed E-state index contributed by atoms with van der Waals surface area (Å²) in [5.41, 5.74) is 5.76. The summed E-state index contributed by atoms with van der Waals surface area (Å²) >= 11 is 0. The Labute approximate surface area is 138 Å². The molecule has 0 radical (unpaired) electrons. The summed E-state index contributed by atoms with van der Waals surface area (Å²) in [7, 11) is 0. The summed E-state index contributed by atoms with van der Waals surface area (Å²) in [5, 5.41) is 0. The molecule has 3 rings (SSSR count). The van der Waals surface area contributed by atoms with Gasteiger partial charge in [0.25, 0.3) is 0 Å². The first kappa shape index (κ1) is 17.2. The Morgan fingerprint density at radius 3 is 2.75 bits per heavy atom. The van der Waals surface area contributed by atoms with Crippen molar-refractivity contribution >= 4 is 5.91 Å². The Balaban J connectivity index is 1.62. The van der Waals surface area contributed by atoms with Crippen LogP contribution in [0.5, 0.6) is 0 Å². The van der Waals surface area contributed by atoms with Crippen LogP contribution in [0.15, 0.2) is 24.3 Å². The highest BCUT2D eigenvalue weighted by atomic mass is 19.4. The normalized spacial score (nSPS) is 22.8.